The van der Waals surface area contributed by atoms with Gasteiger partial charge in [-0.15, -0.1) is 0 Å². The monoisotopic (exact) mass is 222 g/mol. The molecule has 0 aromatic carbocycles. The molecule has 2 rings (SSSR count). The Balaban J connectivity index is 2.63. The first-order valence-electron chi connectivity index (χ1n) is 4.62. The molecule has 4 heteroatoms. The summed E-state index contributed by atoms with van der Waals surface area (Å²) in [6, 6.07) is 5.67. The van der Waals surface area contributed by atoms with Crippen molar-refractivity contribution in [1.29, 1.82) is 0 Å². The maximum Gasteiger partial charge on any atom is 0.161 e. The number of aromatic nitrogens is 2. The van der Waals surface area contributed by atoms with E-state index in [4.69, 9.17) is 16.3 Å². The average molecular weight is 223 g/mol. The van der Waals surface area contributed by atoms with Crippen LogP contribution in [0.5, 0.6) is 0 Å². The van der Waals surface area contributed by atoms with Gasteiger partial charge in [0.25, 0.3) is 0 Å². The van der Waals surface area contributed by atoms with E-state index in [0.717, 1.165) is 16.8 Å². The number of rotatable bonds is 2. The summed E-state index contributed by atoms with van der Waals surface area (Å²) in [5, 5.41) is 1.54. The Kier molecular flexibility index (Phi) is 2.84. The molecule has 0 saturated heterocycles. The van der Waals surface area contributed by atoms with Crippen molar-refractivity contribution in [3.05, 3.63) is 34.6 Å². The zero-order valence-corrected chi connectivity index (χ0v) is 9.38. The van der Waals surface area contributed by atoms with Crippen LogP contribution in [0.2, 0.25) is 5.02 Å². The van der Waals surface area contributed by atoms with Crippen LogP contribution in [0.1, 0.15) is 11.4 Å². The molecule has 78 valence electrons. The molecule has 0 radical (unpaired) electrons. The number of hydrogen-bond donors (Lipinski definition) is 0. The van der Waals surface area contributed by atoms with Gasteiger partial charge in [0.1, 0.15) is 0 Å². The van der Waals surface area contributed by atoms with Gasteiger partial charge < -0.3 is 4.74 Å². The first-order valence-corrected chi connectivity index (χ1v) is 5.00. The summed E-state index contributed by atoms with van der Waals surface area (Å²) in [6.45, 7) is 2.38. The number of ether oxygens (including phenoxy) is 1. The summed E-state index contributed by atoms with van der Waals surface area (Å²) in [4.78, 5) is 8.69. The quantitative estimate of drug-likeness (QED) is 0.784. The van der Waals surface area contributed by atoms with Gasteiger partial charge >= 0.3 is 0 Å². The molecule has 0 N–H and O–H groups in total. The lowest BCUT2D eigenvalue weighted by Crippen LogP contribution is -1.95. The maximum absolute atomic E-state index is 6.11. The highest BCUT2D eigenvalue weighted by molar-refractivity contribution is 6.35. The number of nitrogens with zero attached hydrogens (tertiary/aromatic N) is 2. The third kappa shape index (κ3) is 2.08. The van der Waals surface area contributed by atoms with Crippen molar-refractivity contribution < 1.29 is 4.74 Å². The average Bonchev–Trinajstić information content (AvgIpc) is 2.17. The number of methoxy groups -OCH3 is 1. The van der Waals surface area contributed by atoms with Crippen molar-refractivity contribution in [3.63, 3.8) is 0 Å². The van der Waals surface area contributed by atoms with Gasteiger partial charge in [0, 0.05) is 18.2 Å². The van der Waals surface area contributed by atoms with Crippen molar-refractivity contribution >= 4 is 22.6 Å². The molecule has 0 unspecified atom stereocenters. The highest BCUT2D eigenvalue weighted by Gasteiger charge is 2.05. The predicted octanol–water partition coefficient (Wildman–Crippen LogP) is 2.74. The Labute approximate surface area is 93.1 Å². The minimum atomic E-state index is 0.450. The van der Waals surface area contributed by atoms with Gasteiger partial charge in [-0.1, -0.05) is 11.6 Å². The lowest BCUT2D eigenvalue weighted by molar-refractivity contribution is 0.182. The van der Waals surface area contributed by atoms with Gasteiger partial charge in [-0.2, -0.15) is 0 Å². The summed E-state index contributed by atoms with van der Waals surface area (Å²) >= 11 is 6.11. The molecule has 0 atom stereocenters. The van der Waals surface area contributed by atoms with Gasteiger partial charge in [-0.25, -0.2) is 9.97 Å². The third-order valence-electron chi connectivity index (χ3n) is 2.11. The van der Waals surface area contributed by atoms with Crippen molar-refractivity contribution in [2.75, 3.05) is 7.11 Å². The molecule has 0 fully saturated rings. The van der Waals surface area contributed by atoms with Crippen LogP contribution >= 0.6 is 11.6 Å². The SMILES string of the molecule is COCc1cc(Cl)c2ccc(C)nc2n1. The Hall–Kier alpha value is -1.19. The van der Waals surface area contributed by atoms with Gasteiger partial charge in [-0.3, -0.25) is 0 Å². The molecule has 0 saturated carbocycles. The summed E-state index contributed by atoms with van der Waals surface area (Å²) in [6.07, 6.45) is 0. The van der Waals surface area contributed by atoms with Crippen LogP contribution in [-0.4, -0.2) is 17.1 Å². The second-order valence-electron chi connectivity index (χ2n) is 3.35. The highest BCUT2D eigenvalue weighted by atomic mass is 35.5. The van der Waals surface area contributed by atoms with E-state index in [-0.39, 0.29) is 0 Å². The molecule has 0 aliphatic rings. The summed E-state index contributed by atoms with van der Waals surface area (Å²) in [7, 11) is 1.63. The Morgan fingerprint density at radius 3 is 2.87 bits per heavy atom. The largest absolute Gasteiger partial charge is 0.378 e. The zero-order chi connectivity index (χ0) is 10.8. The van der Waals surface area contributed by atoms with E-state index in [1.165, 1.54) is 0 Å². The van der Waals surface area contributed by atoms with Crippen molar-refractivity contribution in [3.8, 4) is 0 Å². The van der Waals surface area contributed by atoms with E-state index in [1.807, 2.05) is 25.1 Å². The molecule has 0 aliphatic carbocycles. The van der Waals surface area contributed by atoms with E-state index in [9.17, 15) is 0 Å². The molecule has 0 aliphatic heterocycles. The van der Waals surface area contributed by atoms with E-state index >= 15 is 0 Å². The van der Waals surface area contributed by atoms with Crippen LogP contribution in [0.4, 0.5) is 0 Å². The van der Waals surface area contributed by atoms with Crippen LogP contribution < -0.4 is 0 Å². The number of pyridine rings is 2. The van der Waals surface area contributed by atoms with Gasteiger partial charge in [0.2, 0.25) is 0 Å². The maximum atomic E-state index is 6.11. The van der Waals surface area contributed by atoms with Crippen LogP contribution in [0.3, 0.4) is 0 Å². The third-order valence-corrected chi connectivity index (χ3v) is 2.42. The molecule has 3 nitrogen and oxygen atoms in total. The topological polar surface area (TPSA) is 35.0 Å². The first kappa shape index (κ1) is 10.3. The second kappa shape index (κ2) is 4.13. The van der Waals surface area contributed by atoms with Crippen molar-refractivity contribution in [2.45, 2.75) is 13.5 Å². The fourth-order valence-electron chi connectivity index (χ4n) is 1.43. The molecule has 0 amide bonds. The minimum Gasteiger partial charge on any atom is -0.378 e. The summed E-state index contributed by atoms with van der Waals surface area (Å²) < 4.78 is 5.01. The fourth-order valence-corrected chi connectivity index (χ4v) is 1.70. The lowest BCUT2D eigenvalue weighted by Gasteiger charge is -2.04. The molecule has 2 heterocycles. The smallest absolute Gasteiger partial charge is 0.161 e. The predicted molar refractivity (Wildman–Crippen MR) is 60.0 cm³/mol. The molecular formula is C11H11ClN2O. The second-order valence-corrected chi connectivity index (χ2v) is 3.76. The first-order chi connectivity index (χ1) is 7.20. The minimum absolute atomic E-state index is 0.450. The van der Waals surface area contributed by atoms with E-state index < -0.39 is 0 Å². The zero-order valence-electron chi connectivity index (χ0n) is 8.62. The lowest BCUT2D eigenvalue weighted by atomic mass is 10.2. The number of aryl methyl sites for hydroxylation is 1. The van der Waals surface area contributed by atoms with Gasteiger partial charge in [0.15, 0.2) is 5.65 Å². The Morgan fingerprint density at radius 1 is 1.33 bits per heavy atom. The Morgan fingerprint density at radius 2 is 2.13 bits per heavy atom. The van der Waals surface area contributed by atoms with Crippen molar-refractivity contribution in [2.24, 2.45) is 0 Å². The molecule has 2 aromatic heterocycles. The van der Waals surface area contributed by atoms with Crippen LogP contribution in [0, 0.1) is 6.92 Å². The van der Waals surface area contributed by atoms with Crippen molar-refractivity contribution in [1.82, 2.24) is 9.97 Å². The van der Waals surface area contributed by atoms with Gasteiger partial charge in [0.05, 0.1) is 17.3 Å². The molecular weight excluding hydrogens is 212 g/mol. The number of halogens is 1. The van der Waals surface area contributed by atoms with Gasteiger partial charge in [-0.05, 0) is 25.1 Å². The molecule has 0 bridgehead atoms. The number of fused-ring (bicyclic) bond motifs is 1. The van der Waals surface area contributed by atoms with E-state index in [1.54, 1.807) is 7.11 Å². The fraction of sp³-hybridized carbons (Fsp3) is 0.273. The van der Waals surface area contributed by atoms with Crippen LogP contribution in [-0.2, 0) is 11.3 Å². The highest BCUT2D eigenvalue weighted by Crippen LogP contribution is 2.22. The van der Waals surface area contributed by atoms with E-state index in [2.05, 4.69) is 9.97 Å². The Bertz CT molecular complexity index is 499. The summed E-state index contributed by atoms with van der Waals surface area (Å²) in [5.74, 6) is 0. The summed E-state index contributed by atoms with van der Waals surface area (Å²) in [5.41, 5.74) is 2.41. The number of hydrogen-bond acceptors (Lipinski definition) is 3. The molecule has 15 heavy (non-hydrogen) atoms. The van der Waals surface area contributed by atoms with E-state index in [0.29, 0.717) is 17.3 Å². The van der Waals surface area contributed by atoms with Crippen LogP contribution in [0.15, 0.2) is 18.2 Å². The van der Waals surface area contributed by atoms with Crippen LogP contribution in [0.25, 0.3) is 11.0 Å². The molecule has 2 aromatic rings. The normalized spacial score (nSPS) is 10.9. The standard InChI is InChI=1S/C11H11ClN2O/c1-7-3-4-9-10(12)5-8(6-15-2)14-11(9)13-7/h3-5H,6H2,1-2H3. The molecule has 0 spiro atoms.